The third kappa shape index (κ3) is 3.19. The minimum Gasteiger partial charge on any atom is -1.00 e. The minimum atomic E-state index is 0. The first kappa shape index (κ1) is 14.9. The number of H-pyrrole nitrogens is 1. The van der Waals surface area contributed by atoms with Crippen LogP contribution in [0.3, 0.4) is 0 Å². The van der Waals surface area contributed by atoms with Crippen LogP contribution in [0.1, 0.15) is 12.6 Å². The lowest BCUT2D eigenvalue weighted by molar-refractivity contribution is -0.444. The summed E-state index contributed by atoms with van der Waals surface area (Å²) < 4.78 is 2.21. The van der Waals surface area contributed by atoms with Gasteiger partial charge in [-0.15, -0.1) is 0 Å². The maximum atomic E-state index is 3.24. The Hall–Kier alpha value is -1.12. The Balaban J connectivity index is 0.00000112. The number of aromatic nitrogens is 1. The monoisotopic (exact) mass is 256 g/mol. The highest BCUT2D eigenvalue weighted by Crippen LogP contribution is 2.13. The van der Waals surface area contributed by atoms with Gasteiger partial charge in [0, 0.05) is 25.1 Å². The number of hydrogen-bond donors (Lipinski definition) is 0. The van der Waals surface area contributed by atoms with Crippen molar-refractivity contribution in [2.24, 2.45) is 0 Å². The smallest absolute Gasteiger partial charge is 0.277 e. The molecule has 0 radical (unpaired) electrons. The van der Waals surface area contributed by atoms with Crippen LogP contribution >= 0.6 is 0 Å². The number of aromatic amines is 1. The maximum Gasteiger partial charge on any atom is 0.277 e. The van der Waals surface area contributed by atoms with Crippen LogP contribution in [-0.2, 0) is 0 Å². The summed E-state index contributed by atoms with van der Waals surface area (Å²) in [4.78, 5) is 3.24. The Kier molecular flexibility index (Phi) is 6.70. The number of nitrogens with one attached hydrogen (secondary N) is 1. The zero-order chi connectivity index (χ0) is 9.80. The lowest BCUT2D eigenvalue weighted by Gasteiger charge is -2.03. The maximum absolute atomic E-state index is 3.24. The Morgan fingerprint density at radius 3 is 2.75 bits per heavy atom. The minimum absolute atomic E-state index is 0. The van der Waals surface area contributed by atoms with Crippen LogP contribution in [-0.4, -0.2) is 17.3 Å². The van der Waals surface area contributed by atoms with Gasteiger partial charge in [-0.3, -0.25) is 0 Å². The van der Waals surface area contributed by atoms with Crippen molar-refractivity contribution in [3.63, 3.8) is 0 Å². The highest BCUT2D eigenvalue weighted by atomic mass is 35.5. The van der Waals surface area contributed by atoms with Crippen LogP contribution in [0, 0.1) is 0 Å². The normalized spacial score (nSPS) is 16.1. The topological polar surface area (TPSA) is 17.1 Å². The van der Waals surface area contributed by atoms with E-state index in [0.717, 1.165) is 12.2 Å². The summed E-state index contributed by atoms with van der Waals surface area (Å²) in [5, 5.41) is 0. The molecular weight excluding hydrogens is 243 g/mol. The molecule has 1 aliphatic heterocycles. The van der Waals surface area contributed by atoms with Gasteiger partial charge in [-0.05, 0) is 12.1 Å². The molecule has 0 atom stereocenters. The fraction of sp³-hybridized carbons (Fsp3) is 0.167. The van der Waals surface area contributed by atoms with Crippen molar-refractivity contribution in [2.75, 3.05) is 6.54 Å². The van der Waals surface area contributed by atoms with Crippen LogP contribution in [0.4, 0.5) is 0 Å². The van der Waals surface area contributed by atoms with Gasteiger partial charge in [-0.1, -0.05) is 6.08 Å². The molecule has 1 aliphatic rings. The zero-order valence-corrected chi connectivity index (χ0v) is 10.5. The SMILES string of the molecule is CC=[N+]1CC=CC=C1c1cccc[nH+]1.[Cl-].[Cl-]. The molecule has 4 heteroatoms. The third-order valence-electron chi connectivity index (χ3n) is 2.30. The molecule has 0 aliphatic carbocycles. The highest BCUT2D eigenvalue weighted by molar-refractivity contribution is 5.61. The first-order valence-electron chi connectivity index (χ1n) is 4.82. The van der Waals surface area contributed by atoms with Gasteiger partial charge in [0.1, 0.15) is 6.21 Å². The molecule has 0 unspecified atom stereocenters. The number of rotatable bonds is 1. The predicted octanol–water partition coefficient (Wildman–Crippen LogP) is -4.48. The first-order chi connectivity index (χ1) is 6.92. The number of pyridine rings is 1. The standard InChI is InChI=1S/C12H13N2.2ClH/c1-2-14-10-6-4-8-12(14)11-7-3-5-9-13-11;;/h2-9H,10H2,1H3;2*1H/q+1;;/p-1. The van der Waals surface area contributed by atoms with E-state index in [2.05, 4.69) is 47.0 Å². The fourth-order valence-corrected chi connectivity index (χ4v) is 1.57. The molecule has 0 aromatic carbocycles. The van der Waals surface area contributed by atoms with Gasteiger partial charge in [0.2, 0.25) is 0 Å². The van der Waals surface area contributed by atoms with Crippen LogP contribution in [0.15, 0.2) is 42.6 Å². The number of hydrogen-bond acceptors (Lipinski definition) is 0. The number of allylic oxidation sites excluding steroid dienone is 2. The highest BCUT2D eigenvalue weighted by Gasteiger charge is 2.20. The van der Waals surface area contributed by atoms with Gasteiger partial charge >= 0.3 is 0 Å². The van der Waals surface area contributed by atoms with Crippen molar-refractivity contribution < 1.29 is 34.4 Å². The summed E-state index contributed by atoms with van der Waals surface area (Å²) in [6, 6.07) is 6.11. The van der Waals surface area contributed by atoms with E-state index in [9.17, 15) is 0 Å². The van der Waals surface area contributed by atoms with Crippen LogP contribution in [0.2, 0.25) is 0 Å². The van der Waals surface area contributed by atoms with Gasteiger partial charge in [0.25, 0.3) is 11.4 Å². The average molecular weight is 257 g/mol. The zero-order valence-electron chi connectivity index (χ0n) is 9.03. The molecule has 16 heavy (non-hydrogen) atoms. The summed E-state index contributed by atoms with van der Waals surface area (Å²) in [5.41, 5.74) is 2.37. The Morgan fingerprint density at radius 2 is 2.12 bits per heavy atom. The summed E-state index contributed by atoms with van der Waals surface area (Å²) in [7, 11) is 0. The van der Waals surface area contributed by atoms with Gasteiger partial charge in [-0.25, -0.2) is 4.98 Å². The molecule has 0 saturated carbocycles. The second kappa shape index (κ2) is 7.20. The lowest BCUT2D eigenvalue weighted by atomic mass is 10.2. The quantitative estimate of drug-likeness (QED) is 0.451. The Bertz CT molecular complexity index is 408. The third-order valence-corrected chi connectivity index (χ3v) is 2.30. The molecular formula is C12H14Cl2N2. The molecule has 0 bridgehead atoms. The van der Waals surface area contributed by atoms with Crippen molar-refractivity contribution in [1.29, 1.82) is 0 Å². The van der Waals surface area contributed by atoms with Crippen molar-refractivity contribution in [3.8, 4) is 0 Å². The van der Waals surface area contributed by atoms with Crippen LogP contribution in [0.25, 0.3) is 5.70 Å². The van der Waals surface area contributed by atoms with E-state index < -0.39 is 0 Å². The molecule has 2 rings (SSSR count). The van der Waals surface area contributed by atoms with E-state index in [4.69, 9.17) is 0 Å². The molecule has 2 nitrogen and oxygen atoms in total. The van der Waals surface area contributed by atoms with Crippen LogP contribution in [0.5, 0.6) is 0 Å². The predicted molar refractivity (Wildman–Crippen MR) is 57.0 cm³/mol. The lowest BCUT2D eigenvalue weighted by Crippen LogP contribution is -3.00. The van der Waals surface area contributed by atoms with Gasteiger partial charge in [0.15, 0.2) is 12.7 Å². The molecule has 0 amide bonds. The molecule has 86 valence electrons. The molecule has 0 fully saturated rings. The molecule has 0 saturated heterocycles. The van der Waals surface area contributed by atoms with Gasteiger partial charge < -0.3 is 24.8 Å². The van der Waals surface area contributed by atoms with Crippen molar-refractivity contribution >= 4 is 11.9 Å². The number of nitrogens with zero attached hydrogens (tertiary/aromatic N) is 1. The summed E-state index contributed by atoms with van der Waals surface area (Å²) in [5.74, 6) is 0. The molecule has 1 aromatic rings. The van der Waals surface area contributed by atoms with Crippen molar-refractivity contribution in [1.82, 2.24) is 0 Å². The molecule has 0 spiro atoms. The summed E-state index contributed by atoms with van der Waals surface area (Å²) >= 11 is 0. The van der Waals surface area contributed by atoms with Crippen molar-refractivity contribution in [2.45, 2.75) is 6.92 Å². The van der Waals surface area contributed by atoms with Crippen LogP contribution < -0.4 is 29.8 Å². The summed E-state index contributed by atoms with van der Waals surface area (Å²) in [6.45, 7) is 3.00. The van der Waals surface area contributed by atoms with E-state index >= 15 is 0 Å². The van der Waals surface area contributed by atoms with E-state index in [1.807, 2.05) is 18.3 Å². The number of halogens is 2. The van der Waals surface area contributed by atoms with Gasteiger partial charge in [0.05, 0.1) is 0 Å². The fourth-order valence-electron chi connectivity index (χ4n) is 1.57. The second-order valence-corrected chi connectivity index (χ2v) is 3.17. The van der Waals surface area contributed by atoms with E-state index in [1.165, 1.54) is 5.70 Å². The molecule has 1 aromatic heterocycles. The summed E-state index contributed by atoms with van der Waals surface area (Å²) in [6.07, 6.45) is 10.4. The van der Waals surface area contributed by atoms with E-state index in [0.29, 0.717) is 0 Å². The average Bonchev–Trinajstić information content (AvgIpc) is 2.30. The van der Waals surface area contributed by atoms with Gasteiger partial charge in [-0.2, -0.15) is 4.58 Å². The molecule has 2 heterocycles. The molecule has 1 N–H and O–H groups in total. The Labute approximate surface area is 108 Å². The van der Waals surface area contributed by atoms with E-state index in [-0.39, 0.29) is 24.8 Å². The van der Waals surface area contributed by atoms with Crippen molar-refractivity contribution in [3.05, 3.63) is 48.3 Å². The second-order valence-electron chi connectivity index (χ2n) is 3.17. The Morgan fingerprint density at radius 1 is 1.31 bits per heavy atom. The largest absolute Gasteiger partial charge is 1.00 e. The van der Waals surface area contributed by atoms with E-state index in [1.54, 1.807) is 0 Å². The first-order valence-corrected chi connectivity index (χ1v) is 4.82.